The predicted octanol–water partition coefficient (Wildman–Crippen LogP) is 2.59. The maximum Gasteiger partial charge on any atom is 0.313 e. The third-order valence-corrected chi connectivity index (χ3v) is 5.30. The molecule has 3 rings (SSSR count). The van der Waals surface area contributed by atoms with Crippen LogP contribution in [0.25, 0.3) is 0 Å². The maximum absolute atomic E-state index is 10.8. The molecule has 1 N–H and O–H groups in total. The molecule has 1 aliphatic rings. The van der Waals surface area contributed by atoms with Crippen LogP contribution < -0.4 is 0 Å². The van der Waals surface area contributed by atoms with Crippen molar-refractivity contribution in [3.8, 4) is 0 Å². The molecule has 0 amide bonds. The highest BCUT2D eigenvalue weighted by Crippen LogP contribution is 2.40. The highest BCUT2D eigenvalue weighted by Gasteiger charge is 2.31. The SMILES string of the molecule is CC(Cn1c(SCC(=O)O)nnc1C1CC1)c1nccs1. The maximum atomic E-state index is 10.8. The van der Waals surface area contributed by atoms with Gasteiger partial charge in [-0.1, -0.05) is 18.7 Å². The number of nitrogens with zero attached hydrogens (tertiary/aromatic N) is 4. The summed E-state index contributed by atoms with van der Waals surface area (Å²) in [4.78, 5) is 15.1. The summed E-state index contributed by atoms with van der Waals surface area (Å²) in [5.74, 6) is 0.915. The van der Waals surface area contributed by atoms with Crippen LogP contribution in [-0.4, -0.2) is 36.6 Å². The summed E-state index contributed by atoms with van der Waals surface area (Å²) in [6.07, 6.45) is 4.10. The van der Waals surface area contributed by atoms with Gasteiger partial charge >= 0.3 is 5.97 Å². The van der Waals surface area contributed by atoms with E-state index < -0.39 is 5.97 Å². The third-order valence-electron chi connectivity index (χ3n) is 3.34. The minimum atomic E-state index is -0.838. The van der Waals surface area contributed by atoms with E-state index in [0.717, 1.165) is 30.2 Å². The summed E-state index contributed by atoms with van der Waals surface area (Å²) in [7, 11) is 0. The van der Waals surface area contributed by atoms with Gasteiger partial charge in [-0.25, -0.2) is 4.98 Å². The molecule has 1 fully saturated rings. The van der Waals surface area contributed by atoms with Crippen LogP contribution in [0, 0.1) is 0 Å². The van der Waals surface area contributed by atoms with E-state index >= 15 is 0 Å². The van der Waals surface area contributed by atoms with Crippen molar-refractivity contribution in [1.29, 1.82) is 0 Å². The van der Waals surface area contributed by atoms with Crippen molar-refractivity contribution < 1.29 is 9.90 Å². The first-order chi connectivity index (χ1) is 10.1. The smallest absolute Gasteiger partial charge is 0.313 e. The van der Waals surface area contributed by atoms with Crippen molar-refractivity contribution in [2.24, 2.45) is 0 Å². The monoisotopic (exact) mass is 324 g/mol. The van der Waals surface area contributed by atoms with Crippen molar-refractivity contribution >= 4 is 29.1 Å². The minimum absolute atomic E-state index is 0.00837. The summed E-state index contributed by atoms with van der Waals surface area (Å²) in [5, 5.41) is 21.0. The molecule has 0 bridgehead atoms. The van der Waals surface area contributed by atoms with E-state index in [1.165, 1.54) is 11.8 Å². The van der Waals surface area contributed by atoms with Crippen LogP contribution in [0.2, 0.25) is 0 Å². The molecule has 2 heterocycles. The number of hydrogen-bond donors (Lipinski definition) is 1. The third kappa shape index (κ3) is 3.44. The summed E-state index contributed by atoms with van der Waals surface area (Å²) < 4.78 is 2.08. The van der Waals surface area contributed by atoms with Gasteiger partial charge in [-0.2, -0.15) is 0 Å². The van der Waals surface area contributed by atoms with E-state index in [4.69, 9.17) is 5.11 Å². The number of aromatic nitrogens is 4. The minimum Gasteiger partial charge on any atom is -0.481 e. The number of carboxylic acid groups (broad SMARTS) is 1. The largest absolute Gasteiger partial charge is 0.481 e. The highest BCUT2D eigenvalue weighted by atomic mass is 32.2. The molecule has 1 saturated carbocycles. The van der Waals surface area contributed by atoms with E-state index in [9.17, 15) is 4.79 Å². The van der Waals surface area contributed by atoms with Crippen LogP contribution >= 0.6 is 23.1 Å². The van der Waals surface area contributed by atoms with Gasteiger partial charge in [0.1, 0.15) is 5.82 Å². The first kappa shape index (κ1) is 14.5. The van der Waals surface area contributed by atoms with Gasteiger partial charge in [0.05, 0.1) is 10.8 Å². The second kappa shape index (κ2) is 6.15. The normalized spacial score (nSPS) is 16.0. The predicted molar refractivity (Wildman–Crippen MR) is 80.9 cm³/mol. The summed E-state index contributed by atoms with van der Waals surface area (Å²) in [6, 6.07) is 0. The zero-order valence-corrected chi connectivity index (χ0v) is 13.2. The molecule has 0 spiro atoms. The molecule has 2 aromatic heterocycles. The van der Waals surface area contributed by atoms with Gasteiger partial charge < -0.3 is 9.67 Å². The second-order valence-electron chi connectivity index (χ2n) is 5.18. The Hall–Kier alpha value is -1.41. The molecule has 1 aliphatic carbocycles. The Morgan fingerprint density at radius 2 is 2.38 bits per heavy atom. The molecule has 8 heteroatoms. The summed E-state index contributed by atoms with van der Waals surface area (Å²) in [5.41, 5.74) is 0. The van der Waals surface area contributed by atoms with Crippen LogP contribution in [-0.2, 0) is 11.3 Å². The van der Waals surface area contributed by atoms with Gasteiger partial charge in [0, 0.05) is 30.0 Å². The Kier molecular flexibility index (Phi) is 4.25. The zero-order valence-electron chi connectivity index (χ0n) is 11.6. The Morgan fingerprint density at radius 1 is 1.57 bits per heavy atom. The lowest BCUT2D eigenvalue weighted by atomic mass is 10.2. The lowest BCUT2D eigenvalue weighted by molar-refractivity contribution is -0.133. The molecular weight excluding hydrogens is 308 g/mol. The fourth-order valence-corrected chi connectivity index (χ4v) is 3.54. The molecular formula is C13H16N4O2S2. The number of rotatable bonds is 7. The molecule has 1 unspecified atom stereocenters. The molecule has 0 radical (unpaired) electrons. The van der Waals surface area contributed by atoms with Crippen molar-refractivity contribution in [2.75, 3.05) is 5.75 Å². The van der Waals surface area contributed by atoms with Gasteiger partial charge in [-0.15, -0.1) is 21.5 Å². The number of carboxylic acids is 1. The van der Waals surface area contributed by atoms with Crippen molar-refractivity contribution in [3.63, 3.8) is 0 Å². The van der Waals surface area contributed by atoms with Crippen LogP contribution in [0.3, 0.4) is 0 Å². The number of thiazole rings is 1. The van der Waals surface area contributed by atoms with Crippen LogP contribution in [0.1, 0.15) is 42.4 Å². The van der Waals surface area contributed by atoms with E-state index in [1.54, 1.807) is 11.3 Å². The van der Waals surface area contributed by atoms with Crippen molar-refractivity contribution in [3.05, 3.63) is 22.4 Å². The van der Waals surface area contributed by atoms with Crippen LogP contribution in [0.15, 0.2) is 16.7 Å². The number of aliphatic carboxylic acids is 1. The number of carbonyl (C=O) groups is 1. The standard InChI is InChI=1S/C13H16N4O2S2/c1-8(12-14-4-5-20-12)6-17-11(9-2-3-9)15-16-13(17)21-7-10(18)19/h4-5,8-9H,2-3,6-7H2,1H3,(H,18,19). The summed E-state index contributed by atoms with van der Waals surface area (Å²) >= 11 is 2.87. The second-order valence-corrected chi connectivity index (χ2v) is 7.05. The molecule has 1 atom stereocenters. The first-order valence-electron chi connectivity index (χ1n) is 6.82. The van der Waals surface area contributed by atoms with Gasteiger partial charge in [0.2, 0.25) is 0 Å². The lowest BCUT2D eigenvalue weighted by Gasteiger charge is -2.13. The van der Waals surface area contributed by atoms with Gasteiger partial charge in [0.15, 0.2) is 5.16 Å². The van der Waals surface area contributed by atoms with E-state index in [-0.39, 0.29) is 11.7 Å². The van der Waals surface area contributed by atoms with E-state index in [2.05, 4.69) is 26.7 Å². The van der Waals surface area contributed by atoms with E-state index in [0.29, 0.717) is 11.1 Å². The Morgan fingerprint density at radius 3 is 3.00 bits per heavy atom. The Balaban J connectivity index is 1.80. The fourth-order valence-electron chi connectivity index (χ4n) is 2.18. The van der Waals surface area contributed by atoms with Crippen LogP contribution in [0.4, 0.5) is 0 Å². The highest BCUT2D eigenvalue weighted by molar-refractivity contribution is 7.99. The molecule has 112 valence electrons. The Labute approximate surface area is 130 Å². The molecule has 6 nitrogen and oxygen atoms in total. The van der Waals surface area contributed by atoms with E-state index in [1.807, 2.05) is 11.6 Å². The molecule has 0 aromatic carbocycles. The first-order valence-corrected chi connectivity index (χ1v) is 8.68. The molecule has 0 saturated heterocycles. The number of thioether (sulfide) groups is 1. The molecule has 0 aliphatic heterocycles. The lowest BCUT2D eigenvalue weighted by Crippen LogP contribution is -2.11. The molecule has 2 aromatic rings. The van der Waals surface area contributed by atoms with Gasteiger partial charge in [0.25, 0.3) is 0 Å². The average molecular weight is 324 g/mol. The topological polar surface area (TPSA) is 80.9 Å². The van der Waals surface area contributed by atoms with Crippen LogP contribution in [0.5, 0.6) is 0 Å². The van der Waals surface area contributed by atoms with Gasteiger partial charge in [-0.05, 0) is 12.8 Å². The quantitative estimate of drug-likeness (QED) is 0.789. The zero-order chi connectivity index (χ0) is 14.8. The fraction of sp³-hybridized carbons (Fsp3) is 0.538. The number of hydrogen-bond acceptors (Lipinski definition) is 6. The summed E-state index contributed by atoms with van der Waals surface area (Å²) in [6.45, 7) is 2.87. The van der Waals surface area contributed by atoms with Crippen molar-refractivity contribution in [1.82, 2.24) is 19.7 Å². The van der Waals surface area contributed by atoms with Gasteiger partial charge in [-0.3, -0.25) is 4.79 Å². The van der Waals surface area contributed by atoms with Crippen molar-refractivity contribution in [2.45, 2.75) is 43.3 Å². The Bertz CT molecular complexity index is 622. The average Bonchev–Trinajstić information content (AvgIpc) is 3.01. The molecule has 21 heavy (non-hydrogen) atoms.